The highest BCUT2D eigenvalue weighted by Crippen LogP contribution is 2.27. The van der Waals surface area contributed by atoms with Gasteiger partial charge in [-0.1, -0.05) is 6.07 Å². The van der Waals surface area contributed by atoms with Gasteiger partial charge >= 0.3 is 0 Å². The van der Waals surface area contributed by atoms with Gasteiger partial charge in [0.15, 0.2) is 0 Å². The number of hydrogen-bond acceptors (Lipinski definition) is 3. The van der Waals surface area contributed by atoms with Crippen LogP contribution in [0.2, 0.25) is 0 Å². The van der Waals surface area contributed by atoms with Gasteiger partial charge in [-0.15, -0.1) is 11.3 Å². The highest BCUT2D eigenvalue weighted by molar-refractivity contribution is 7.12. The number of halogens is 1. The van der Waals surface area contributed by atoms with Gasteiger partial charge in [0.2, 0.25) is 0 Å². The largest absolute Gasteiger partial charge is 0.508 e. The van der Waals surface area contributed by atoms with E-state index in [1.165, 1.54) is 15.8 Å². The zero-order chi connectivity index (χ0) is 14.0. The van der Waals surface area contributed by atoms with Gasteiger partial charge in [0.1, 0.15) is 11.6 Å². The highest BCUT2D eigenvalue weighted by atomic mass is 32.1. The molecule has 0 fully saturated rings. The molecule has 2 N–H and O–H groups in total. The number of hydrogen-bond donors (Lipinski definition) is 2. The maximum absolute atomic E-state index is 13.8. The Kier molecular flexibility index (Phi) is 4.22. The molecule has 1 aromatic carbocycles. The minimum absolute atomic E-state index is 0.0459. The average Bonchev–Trinajstić information content (AvgIpc) is 2.75. The van der Waals surface area contributed by atoms with E-state index < -0.39 is 0 Å². The maximum Gasteiger partial charge on any atom is 0.131 e. The lowest BCUT2D eigenvalue weighted by molar-refractivity contribution is 0.456. The number of aryl methyl sites for hydroxylation is 1. The quantitative estimate of drug-likeness (QED) is 0.874. The molecule has 0 radical (unpaired) electrons. The van der Waals surface area contributed by atoms with Crippen molar-refractivity contribution in [3.05, 3.63) is 51.5 Å². The molecule has 2 atom stereocenters. The molecular formula is C15H18FNOS. The van der Waals surface area contributed by atoms with E-state index >= 15 is 0 Å². The van der Waals surface area contributed by atoms with Crippen LogP contribution in [0.3, 0.4) is 0 Å². The lowest BCUT2D eigenvalue weighted by atomic mass is 10.1. The first-order valence-corrected chi connectivity index (χ1v) is 7.10. The van der Waals surface area contributed by atoms with Gasteiger partial charge in [-0.3, -0.25) is 0 Å². The summed E-state index contributed by atoms with van der Waals surface area (Å²) in [6, 6.07) is 8.51. The van der Waals surface area contributed by atoms with E-state index in [0.717, 1.165) is 6.07 Å². The second kappa shape index (κ2) is 5.72. The van der Waals surface area contributed by atoms with Crippen LogP contribution in [0.4, 0.5) is 4.39 Å². The van der Waals surface area contributed by atoms with Crippen LogP contribution >= 0.6 is 11.3 Å². The first-order chi connectivity index (χ1) is 8.97. The lowest BCUT2D eigenvalue weighted by Crippen LogP contribution is -2.22. The van der Waals surface area contributed by atoms with Crippen molar-refractivity contribution in [2.75, 3.05) is 0 Å². The Morgan fingerprint density at radius 2 is 1.89 bits per heavy atom. The highest BCUT2D eigenvalue weighted by Gasteiger charge is 2.15. The van der Waals surface area contributed by atoms with Crippen molar-refractivity contribution in [3.63, 3.8) is 0 Å². The first kappa shape index (κ1) is 14.0. The fourth-order valence-electron chi connectivity index (χ4n) is 2.10. The SMILES string of the molecule is Cc1ccc(C(C)NC(C)c2ccc(O)cc2F)s1. The van der Waals surface area contributed by atoms with Crippen LogP contribution in [0.15, 0.2) is 30.3 Å². The second-order valence-electron chi connectivity index (χ2n) is 4.76. The molecule has 0 saturated heterocycles. The molecule has 0 aliphatic carbocycles. The molecule has 102 valence electrons. The second-order valence-corrected chi connectivity index (χ2v) is 6.08. The summed E-state index contributed by atoms with van der Waals surface area (Å²) in [5.41, 5.74) is 0.568. The summed E-state index contributed by atoms with van der Waals surface area (Å²) in [5.74, 6) is -0.426. The summed E-state index contributed by atoms with van der Waals surface area (Å²) < 4.78 is 13.8. The van der Waals surface area contributed by atoms with Gasteiger partial charge in [-0.25, -0.2) is 4.39 Å². The van der Waals surface area contributed by atoms with Crippen molar-refractivity contribution in [3.8, 4) is 5.75 Å². The number of phenols is 1. The van der Waals surface area contributed by atoms with E-state index in [0.29, 0.717) is 5.56 Å². The van der Waals surface area contributed by atoms with Crippen molar-refractivity contribution in [2.24, 2.45) is 0 Å². The van der Waals surface area contributed by atoms with E-state index in [1.807, 2.05) is 6.92 Å². The van der Waals surface area contributed by atoms with Gasteiger partial charge in [0.05, 0.1) is 0 Å². The molecule has 4 heteroatoms. The van der Waals surface area contributed by atoms with E-state index in [4.69, 9.17) is 0 Å². The minimum Gasteiger partial charge on any atom is -0.508 e. The van der Waals surface area contributed by atoms with Crippen molar-refractivity contribution in [1.82, 2.24) is 5.32 Å². The Labute approximate surface area is 116 Å². The van der Waals surface area contributed by atoms with Gasteiger partial charge in [0.25, 0.3) is 0 Å². The van der Waals surface area contributed by atoms with Crippen LogP contribution in [0.25, 0.3) is 0 Å². The number of rotatable bonds is 4. The number of aromatic hydroxyl groups is 1. The number of thiophene rings is 1. The van der Waals surface area contributed by atoms with Crippen LogP contribution in [-0.2, 0) is 0 Å². The molecule has 1 heterocycles. The molecule has 2 aromatic rings. The molecule has 0 aliphatic heterocycles. The Bertz CT molecular complexity index is 567. The predicted molar refractivity (Wildman–Crippen MR) is 77.1 cm³/mol. The summed E-state index contributed by atoms with van der Waals surface area (Å²) >= 11 is 1.74. The van der Waals surface area contributed by atoms with Crippen molar-refractivity contribution in [2.45, 2.75) is 32.9 Å². The molecule has 2 rings (SSSR count). The van der Waals surface area contributed by atoms with Crippen LogP contribution in [0.1, 0.15) is 41.2 Å². The standard InChI is InChI=1S/C15H18FNOS/c1-9-4-7-15(19-9)11(3)17-10(2)13-6-5-12(18)8-14(13)16/h4-8,10-11,17-18H,1-3H3. The fourth-order valence-corrected chi connectivity index (χ4v) is 2.99. The fraction of sp³-hybridized carbons (Fsp3) is 0.333. The van der Waals surface area contributed by atoms with Gasteiger partial charge in [-0.05, 0) is 39.0 Å². The molecule has 0 bridgehead atoms. The topological polar surface area (TPSA) is 32.3 Å². The number of benzene rings is 1. The van der Waals surface area contributed by atoms with Crippen LogP contribution in [0, 0.1) is 12.7 Å². The molecule has 0 saturated carbocycles. The van der Waals surface area contributed by atoms with Crippen molar-refractivity contribution < 1.29 is 9.50 Å². The first-order valence-electron chi connectivity index (χ1n) is 6.28. The van der Waals surface area contributed by atoms with Crippen molar-refractivity contribution >= 4 is 11.3 Å². The van der Waals surface area contributed by atoms with Crippen LogP contribution in [0.5, 0.6) is 5.75 Å². The summed E-state index contributed by atoms with van der Waals surface area (Å²) in [4.78, 5) is 2.51. The van der Waals surface area contributed by atoms with E-state index in [2.05, 4.69) is 31.3 Å². The molecule has 2 nitrogen and oxygen atoms in total. The molecular weight excluding hydrogens is 261 g/mol. The maximum atomic E-state index is 13.8. The molecule has 0 spiro atoms. The number of phenolic OH excluding ortho intramolecular Hbond substituents is 1. The van der Waals surface area contributed by atoms with Gasteiger partial charge in [-0.2, -0.15) is 0 Å². The summed E-state index contributed by atoms with van der Waals surface area (Å²) in [6.07, 6.45) is 0. The monoisotopic (exact) mass is 279 g/mol. The third-order valence-electron chi connectivity index (χ3n) is 3.14. The molecule has 1 aromatic heterocycles. The van der Waals surface area contributed by atoms with Gasteiger partial charge < -0.3 is 10.4 Å². The normalized spacial score (nSPS) is 14.3. The molecule has 2 unspecified atom stereocenters. The van der Waals surface area contributed by atoms with Crippen LogP contribution in [-0.4, -0.2) is 5.11 Å². The average molecular weight is 279 g/mol. The Balaban J connectivity index is 2.10. The van der Waals surface area contributed by atoms with E-state index in [-0.39, 0.29) is 23.7 Å². The zero-order valence-electron chi connectivity index (χ0n) is 11.3. The molecule has 19 heavy (non-hydrogen) atoms. The van der Waals surface area contributed by atoms with Crippen LogP contribution < -0.4 is 5.32 Å². The Morgan fingerprint density at radius 3 is 2.47 bits per heavy atom. The third-order valence-corrected chi connectivity index (χ3v) is 4.32. The Hall–Kier alpha value is -1.39. The van der Waals surface area contributed by atoms with Crippen molar-refractivity contribution in [1.29, 1.82) is 0 Å². The molecule has 0 aliphatic rings. The third kappa shape index (κ3) is 3.33. The summed E-state index contributed by atoms with van der Waals surface area (Å²) in [7, 11) is 0. The summed E-state index contributed by atoms with van der Waals surface area (Å²) in [6.45, 7) is 6.07. The predicted octanol–water partition coefficient (Wildman–Crippen LogP) is 4.31. The lowest BCUT2D eigenvalue weighted by Gasteiger charge is -2.20. The summed E-state index contributed by atoms with van der Waals surface area (Å²) in [5, 5.41) is 12.6. The van der Waals surface area contributed by atoms with Gasteiger partial charge in [0, 0.05) is 33.5 Å². The minimum atomic E-state index is -0.380. The zero-order valence-corrected chi connectivity index (χ0v) is 12.1. The van der Waals surface area contributed by atoms with E-state index in [1.54, 1.807) is 17.4 Å². The Morgan fingerprint density at radius 1 is 1.16 bits per heavy atom. The number of nitrogens with one attached hydrogen (secondary N) is 1. The molecule has 0 amide bonds. The smallest absolute Gasteiger partial charge is 0.131 e. The van der Waals surface area contributed by atoms with E-state index in [9.17, 15) is 9.50 Å².